The van der Waals surface area contributed by atoms with Crippen LogP contribution in [0.3, 0.4) is 0 Å². The lowest BCUT2D eigenvalue weighted by molar-refractivity contribution is -0.110. The molecule has 1 aliphatic rings. The van der Waals surface area contributed by atoms with Crippen molar-refractivity contribution in [2.75, 3.05) is 24.3 Å². The molecule has 9 nitrogen and oxygen atoms in total. The van der Waals surface area contributed by atoms with E-state index in [1.54, 1.807) is 18.2 Å². The van der Waals surface area contributed by atoms with E-state index in [2.05, 4.69) is 16.0 Å². The van der Waals surface area contributed by atoms with E-state index in [0.717, 1.165) is 16.8 Å². The minimum absolute atomic E-state index is 0.278. The molecule has 1 heterocycles. The van der Waals surface area contributed by atoms with Gasteiger partial charge in [-0.05, 0) is 62.6 Å². The molecule has 3 aromatic carbocycles. The van der Waals surface area contributed by atoms with Gasteiger partial charge in [-0.15, -0.1) is 0 Å². The highest BCUT2D eigenvalue weighted by Gasteiger charge is 2.29. The Morgan fingerprint density at radius 2 is 1.68 bits per heavy atom. The van der Waals surface area contributed by atoms with E-state index in [4.69, 9.17) is 15.2 Å². The standard InChI is InChI=1S/C31H34N4O5/c1-31(2,3)40-30(38)33-17-16-24(32)19-10-13-22(14-11-19)34-27(20-8-6-5-7-9-20)26-23-15-12-21(29(37)39-4)18-25(23)35-28(26)36/h5-15,18,24,34H,16-17,32H2,1-4H3,(H,33,38)(H,35,36)/b27-26-. The van der Waals surface area contributed by atoms with Gasteiger partial charge in [-0.3, -0.25) is 4.79 Å². The van der Waals surface area contributed by atoms with Gasteiger partial charge in [0, 0.05) is 23.8 Å². The summed E-state index contributed by atoms with van der Waals surface area (Å²) in [6.45, 7) is 5.82. The zero-order chi connectivity index (χ0) is 28.9. The lowest BCUT2D eigenvalue weighted by atomic mass is 9.98. The maximum absolute atomic E-state index is 13.2. The number of hydrogen-bond donors (Lipinski definition) is 4. The summed E-state index contributed by atoms with van der Waals surface area (Å²) in [4.78, 5) is 37.0. The highest BCUT2D eigenvalue weighted by atomic mass is 16.6. The molecule has 4 rings (SSSR count). The fourth-order valence-electron chi connectivity index (χ4n) is 4.32. The number of nitrogens with one attached hydrogen (secondary N) is 3. The van der Waals surface area contributed by atoms with Gasteiger partial charge in [0.2, 0.25) is 0 Å². The molecule has 208 valence electrons. The maximum atomic E-state index is 13.2. The quantitative estimate of drug-likeness (QED) is 0.224. The van der Waals surface area contributed by atoms with Crippen molar-refractivity contribution >= 4 is 40.6 Å². The predicted molar refractivity (Wildman–Crippen MR) is 156 cm³/mol. The van der Waals surface area contributed by atoms with E-state index in [0.29, 0.717) is 41.1 Å². The second kappa shape index (κ2) is 12.0. The second-order valence-electron chi connectivity index (χ2n) is 10.4. The molecule has 40 heavy (non-hydrogen) atoms. The summed E-state index contributed by atoms with van der Waals surface area (Å²) in [5.41, 5.74) is 11.0. The van der Waals surface area contributed by atoms with Crippen LogP contribution in [-0.4, -0.2) is 37.2 Å². The Morgan fingerprint density at radius 1 is 0.975 bits per heavy atom. The minimum atomic E-state index is -0.559. The Hall–Kier alpha value is -4.63. The van der Waals surface area contributed by atoms with Gasteiger partial charge in [0.1, 0.15) is 5.60 Å². The van der Waals surface area contributed by atoms with Crippen LogP contribution in [0.5, 0.6) is 0 Å². The average Bonchev–Trinajstić information content (AvgIpc) is 3.25. The minimum Gasteiger partial charge on any atom is -0.465 e. The number of ether oxygens (including phenoxy) is 2. The molecule has 1 atom stereocenters. The van der Waals surface area contributed by atoms with E-state index in [1.807, 2.05) is 75.4 Å². The van der Waals surface area contributed by atoms with E-state index in [1.165, 1.54) is 7.11 Å². The van der Waals surface area contributed by atoms with Crippen LogP contribution in [0.2, 0.25) is 0 Å². The van der Waals surface area contributed by atoms with E-state index in [9.17, 15) is 14.4 Å². The third-order valence-corrected chi connectivity index (χ3v) is 6.23. The van der Waals surface area contributed by atoms with Gasteiger partial charge < -0.3 is 31.2 Å². The van der Waals surface area contributed by atoms with Crippen molar-refractivity contribution in [2.24, 2.45) is 5.73 Å². The van der Waals surface area contributed by atoms with Gasteiger partial charge >= 0.3 is 12.1 Å². The summed E-state index contributed by atoms with van der Waals surface area (Å²) in [5.74, 6) is -0.755. The molecule has 1 unspecified atom stereocenters. The van der Waals surface area contributed by atoms with Crippen LogP contribution in [0, 0.1) is 0 Å². The lowest BCUT2D eigenvalue weighted by Gasteiger charge is -2.20. The molecule has 0 radical (unpaired) electrons. The number of carbonyl (C=O) groups excluding carboxylic acids is 3. The normalized spacial score (nSPS) is 14.5. The summed E-state index contributed by atoms with van der Waals surface area (Å²) in [6.07, 6.45) is 0.0651. The topological polar surface area (TPSA) is 132 Å². The predicted octanol–water partition coefficient (Wildman–Crippen LogP) is 5.32. The third kappa shape index (κ3) is 6.86. The molecular formula is C31H34N4O5. The molecule has 0 saturated carbocycles. The molecule has 0 spiro atoms. The van der Waals surface area contributed by atoms with Crippen molar-refractivity contribution in [1.29, 1.82) is 0 Å². The van der Waals surface area contributed by atoms with Crippen molar-refractivity contribution in [1.82, 2.24) is 5.32 Å². The van der Waals surface area contributed by atoms with Gasteiger partial charge in [0.25, 0.3) is 5.91 Å². The van der Waals surface area contributed by atoms with Crippen molar-refractivity contribution in [3.8, 4) is 0 Å². The molecule has 2 amide bonds. The van der Waals surface area contributed by atoms with Gasteiger partial charge in [0.15, 0.2) is 0 Å². The van der Waals surface area contributed by atoms with Crippen molar-refractivity contribution < 1.29 is 23.9 Å². The molecule has 0 saturated heterocycles. The van der Waals surface area contributed by atoms with Crippen LogP contribution in [-0.2, 0) is 14.3 Å². The Kier molecular flexibility index (Phi) is 8.55. The van der Waals surface area contributed by atoms with Gasteiger partial charge in [-0.25, -0.2) is 9.59 Å². The number of methoxy groups -OCH3 is 1. The molecule has 0 aliphatic carbocycles. The molecule has 5 N–H and O–H groups in total. The number of carbonyl (C=O) groups is 3. The lowest BCUT2D eigenvalue weighted by Crippen LogP contribution is -2.33. The first-order valence-corrected chi connectivity index (χ1v) is 13.0. The number of alkyl carbamates (subject to hydrolysis) is 1. The number of amides is 2. The molecule has 0 fully saturated rings. The molecule has 9 heteroatoms. The largest absolute Gasteiger partial charge is 0.465 e. The first kappa shape index (κ1) is 28.4. The van der Waals surface area contributed by atoms with Crippen LogP contribution < -0.4 is 21.7 Å². The Morgan fingerprint density at radius 3 is 2.33 bits per heavy atom. The van der Waals surface area contributed by atoms with Crippen LogP contribution in [0.25, 0.3) is 11.3 Å². The molecular weight excluding hydrogens is 508 g/mol. The SMILES string of the molecule is COC(=O)c1ccc2c(c1)NC(=O)/C2=C(\Nc1ccc(C(N)CCNC(=O)OC(C)(C)C)cc1)c1ccccc1. The van der Waals surface area contributed by atoms with Crippen molar-refractivity contribution in [2.45, 2.75) is 38.8 Å². The first-order chi connectivity index (χ1) is 19.1. The zero-order valence-electron chi connectivity index (χ0n) is 23.0. The smallest absolute Gasteiger partial charge is 0.407 e. The number of hydrogen-bond acceptors (Lipinski definition) is 7. The number of nitrogens with two attached hydrogens (primary N) is 1. The van der Waals surface area contributed by atoms with Crippen LogP contribution >= 0.6 is 0 Å². The highest BCUT2D eigenvalue weighted by molar-refractivity contribution is 6.37. The number of rotatable bonds is 8. The van der Waals surface area contributed by atoms with Crippen LogP contribution in [0.15, 0.2) is 72.8 Å². The molecule has 3 aromatic rings. The Balaban J connectivity index is 1.54. The van der Waals surface area contributed by atoms with E-state index >= 15 is 0 Å². The number of esters is 1. The zero-order valence-corrected chi connectivity index (χ0v) is 23.0. The maximum Gasteiger partial charge on any atom is 0.407 e. The molecule has 0 aromatic heterocycles. The Bertz CT molecular complexity index is 1430. The van der Waals surface area contributed by atoms with Gasteiger partial charge in [-0.2, -0.15) is 0 Å². The average molecular weight is 543 g/mol. The monoisotopic (exact) mass is 542 g/mol. The summed E-state index contributed by atoms with van der Waals surface area (Å²) >= 11 is 0. The molecule has 0 bridgehead atoms. The summed E-state index contributed by atoms with van der Waals surface area (Å²) in [6, 6.07) is 21.9. The van der Waals surface area contributed by atoms with E-state index in [-0.39, 0.29) is 11.9 Å². The van der Waals surface area contributed by atoms with Crippen LogP contribution in [0.4, 0.5) is 16.2 Å². The Labute approximate surface area is 233 Å². The van der Waals surface area contributed by atoms with Gasteiger partial charge in [0.05, 0.1) is 29.6 Å². The fourth-order valence-corrected chi connectivity index (χ4v) is 4.32. The second-order valence-corrected chi connectivity index (χ2v) is 10.4. The van der Waals surface area contributed by atoms with E-state index < -0.39 is 17.7 Å². The summed E-state index contributed by atoms with van der Waals surface area (Å²) < 4.78 is 10.1. The summed E-state index contributed by atoms with van der Waals surface area (Å²) in [7, 11) is 1.32. The van der Waals surface area contributed by atoms with Gasteiger partial charge in [-0.1, -0.05) is 48.5 Å². The van der Waals surface area contributed by atoms with Crippen molar-refractivity contribution in [3.63, 3.8) is 0 Å². The highest BCUT2D eigenvalue weighted by Crippen LogP contribution is 2.38. The summed E-state index contributed by atoms with van der Waals surface area (Å²) in [5, 5.41) is 9.01. The number of anilines is 2. The molecule has 1 aliphatic heterocycles. The van der Waals surface area contributed by atoms with Crippen molar-refractivity contribution in [3.05, 3.63) is 95.1 Å². The first-order valence-electron chi connectivity index (χ1n) is 13.0. The third-order valence-electron chi connectivity index (χ3n) is 6.23. The number of fused-ring (bicyclic) bond motifs is 1. The fraction of sp³-hybridized carbons (Fsp3) is 0.258. The van der Waals surface area contributed by atoms with Crippen LogP contribution in [0.1, 0.15) is 60.3 Å². The number of benzene rings is 3.